The van der Waals surface area contributed by atoms with Crippen LogP contribution in [0.15, 0.2) is 58.3 Å². The first-order valence-electron chi connectivity index (χ1n) is 12.1. The van der Waals surface area contributed by atoms with Gasteiger partial charge >= 0.3 is 0 Å². The van der Waals surface area contributed by atoms with Gasteiger partial charge in [0, 0.05) is 29.0 Å². The number of thioether (sulfide) groups is 1. The van der Waals surface area contributed by atoms with Gasteiger partial charge in [-0.1, -0.05) is 61.0 Å². The molecular formula is C27H32ClN3O2S. The largest absolute Gasteiger partial charge is 0.355 e. The predicted molar refractivity (Wildman–Crippen MR) is 141 cm³/mol. The van der Waals surface area contributed by atoms with Crippen molar-refractivity contribution in [3.63, 3.8) is 0 Å². The van der Waals surface area contributed by atoms with Crippen molar-refractivity contribution in [1.82, 2.24) is 10.2 Å². The smallest absolute Gasteiger partial charge is 0.265 e. The number of rotatable bonds is 8. The minimum Gasteiger partial charge on any atom is -0.355 e. The van der Waals surface area contributed by atoms with Crippen LogP contribution in [0.5, 0.6) is 0 Å². The van der Waals surface area contributed by atoms with Gasteiger partial charge in [-0.3, -0.25) is 14.5 Å². The van der Waals surface area contributed by atoms with Crippen molar-refractivity contribution in [2.75, 3.05) is 31.1 Å². The standard InChI is InChI=1S/C27H32ClN3O2S/c1-2-22-11-5-6-15-30(22)16-8-14-29-26(32)19-31-23-12-3-4-13-24(23)34-25(27(31)33)18-20-9-7-10-21(28)17-20/h3-4,7,9-10,12-13,17-18,22H,2,5-6,8,11,14-16,19H2,1H3,(H,29,32)/b25-18-. The van der Waals surface area contributed by atoms with Gasteiger partial charge in [-0.15, -0.1) is 0 Å². The number of halogens is 1. The average Bonchev–Trinajstić information content (AvgIpc) is 2.84. The number of piperidine rings is 1. The third kappa shape index (κ3) is 6.23. The van der Waals surface area contributed by atoms with Crippen molar-refractivity contribution in [2.24, 2.45) is 0 Å². The van der Waals surface area contributed by atoms with E-state index in [0.717, 1.165) is 35.7 Å². The minimum absolute atomic E-state index is 0.00456. The Morgan fingerprint density at radius 3 is 2.88 bits per heavy atom. The number of carbonyl (C=O) groups excluding carboxylic acids is 2. The fraction of sp³-hybridized carbons (Fsp3) is 0.407. The van der Waals surface area contributed by atoms with E-state index in [2.05, 4.69) is 17.1 Å². The molecule has 2 amide bonds. The molecule has 1 N–H and O–H groups in total. The summed E-state index contributed by atoms with van der Waals surface area (Å²) in [6.07, 6.45) is 7.81. The molecule has 180 valence electrons. The van der Waals surface area contributed by atoms with Gasteiger partial charge in [0.15, 0.2) is 0 Å². The number of carbonyl (C=O) groups is 2. The molecular weight excluding hydrogens is 466 g/mol. The van der Waals surface area contributed by atoms with Gasteiger partial charge in [0.1, 0.15) is 6.54 Å². The van der Waals surface area contributed by atoms with Crippen molar-refractivity contribution in [2.45, 2.75) is 50.0 Å². The SMILES string of the molecule is CCC1CCCCN1CCCNC(=O)CN1C(=O)/C(=C/c2cccc(Cl)c2)Sc2ccccc21. The molecule has 2 aliphatic heterocycles. The molecule has 2 heterocycles. The molecule has 0 bridgehead atoms. The van der Waals surface area contributed by atoms with Crippen molar-refractivity contribution >= 4 is 46.9 Å². The highest BCUT2D eigenvalue weighted by atomic mass is 35.5. The van der Waals surface area contributed by atoms with Gasteiger partial charge in [0.25, 0.3) is 5.91 Å². The number of fused-ring (bicyclic) bond motifs is 1. The summed E-state index contributed by atoms with van der Waals surface area (Å²) < 4.78 is 0. The first-order chi connectivity index (χ1) is 16.5. The third-order valence-electron chi connectivity index (χ3n) is 6.44. The molecule has 34 heavy (non-hydrogen) atoms. The monoisotopic (exact) mass is 497 g/mol. The second kappa shape index (κ2) is 11.9. The van der Waals surface area contributed by atoms with Gasteiger partial charge in [-0.2, -0.15) is 0 Å². The Morgan fingerprint density at radius 2 is 2.06 bits per heavy atom. The van der Waals surface area contributed by atoms with Crippen LogP contribution in [-0.4, -0.2) is 48.9 Å². The van der Waals surface area contributed by atoms with E-state index in [9.17, 15) is 9.59 Å². The summed E-state index contributed by atoms with van der Waals surface area (Å²) in [6.45, 7) is 5.05. The first-order valence-corrected chi connectivity index (χ1v) is 13.3. The number of hydrogen-bond donors (Lipinski definition) is 1. The fourth-order valence-electron chi connectivity index (χ4n) is 4.69. The number of nitrogens with zero attached hydrogens (tertiary/aromatic N) is 2. The molecule has 4 rings (SSSR count). The van der Waals surface area contributed by atoms with Gasteiger partial charge in [-0.25, -0.2) is 0 Å². The topological polar surface area (TPSA) is 52.7 Å². The summed E-state index contributed by atoms with van der Waals surface area (Å²) in [6, 6.07) is 15.8. The van der Waals surface area contributed by atoms with Gasteiger partial charge in [0.05, 0.1) is 10.6 Å². The Balaban J connectivity index is 1.38. The molecule has 0 radical (unpaired) electrons. The van der Waals surface area contributed by atoms with Crippen molar-refractivity contribution < 1.29 is 9.59 Å². The van der Waals surface area contributed by atoms with E-state index in [4.69, 9.17) is 11.6 Å². The van der Waals surface area contributed by atoms with E-state index in [1.807, 2.05) is 48.5 Å². The van der Waals surface area contributed by atoms with Crippen molar-refractivity contribution in [3.8, 4) is 0 Å². The Morgan fingerprint density at radius 1 is 1.21 bits per heavy atom. The van der Waals surface area contributed by atoms with E-state index in [1.165, 1.54) is 37.4 Å². The van der Waals surface area contributed by atoms with Crippen molar-refractivity contribution in [3.05, 3.63) is 64.0 Å². The molecule has 0 aromatic heterocycles. The molecule has 5 nitrogen and oxygen atoms in total. The van der Waals surface area contributed by atoms with E-state index >= 15 is 0 Å². The van der Waals surface area contributed by atoms with Gasteiger partial charge < -0.3 is 10.2 Å². The molecule has 7 heteroatoms. The second-order valence-electron chi connectivity index (χ2n) is 8.82. The highest BCUT2D eigenvalue weighted by Crippen LogP contribution is 2.42. The Bertz CT molecular complexity index is 1060. The van der Waals surface area contributed by atoms with E-state index < -0.39 is 0 Å². The number of nitrogens with one attached hydrogen (secondary N) is 1. The minimum atomic E-state index is -0.169. The Labute approximate surface area is 211 Å². The van der Waals surface area contributed by atoms with Crippen LogP contribution in [0.4, 0.5) is 5.69 Å². The molecule has 2 aromatic rings. The van der Waals surface area contributed by atoms with Crippen LogP contribution < -0.4 is 10.2 Å². The van der Waals surface area contributed by atoms with Crippen LogP contribution in [0.25, 0.3) is 6.08 Å². The molecule has 2 aromatic carbocycles. The highest BCUT2D eigenvalue weighted by molar-refractivity contribution is 8.04. The number of anilines is 1. The lowest BCUT2D eigenvalue weighted by Crippen LogP contribution is -2.44. The number of benzene rings is 2. The third-order valence-corrected chi connectivity index (χ3v) is 7.76. The number of para-hydroxylation sites is 1. The van der Waals surface area contributed by atoms with Crippen LogP contribution in [0, 0.1) is 0 Å². The maximum Gasteiger partial charge on any atom is 0.265 e. The lowest BCUT2D eigenvalue weighted by atomic mass is 10.00. The molecule has 2 aliphatic rings. The maximum absolute atomic E-state index is 13.3. The zero-order valence-electron chi connectivity index (χ0n) is 19.6. The van der Waals surface area contributed by atoms with Gasteiger partial charge in [-0.05, 0) is 68.1 Å². The van der Waals surface area contributed by atoms with E-state index in [1.54, 1.807) is 11.0 Å². The first kappa shape index (κ1) is 24.8. The molecule has 1 saturated heterocycles. The Hall–Kier alpha value is -2.28. The summed E-state index contributed by atoms with van der Waals surface area (Å²) in [5, 5.41) is 3.64. The summed E-state index contributed by atoms with van der Waals surface area (Å²) in [4.78, 5) is 31.8. The van der Waals surface area contributed by atoms with Crippen LogP contribution in [0.1, 0.15) is 44.6 Å². The summed E-state index contributed by atoms with van der Waals surface area (Å²) in [7, 11) is 0. The van der Waals surface area contributed by atoms with Crippen LogP contribution in [0.2, 0.25) is 5.02 Å². The van der Waals surface area contributed by atoms with Crippen LogP contribution >= 0.6 is 23.4 Å². The number of amides is 2. The van der Waals surface area contributed by atoms with E-state index in [0.29, 0.717) is 22.5 Å². The molecule has 1 atom stereocenters. The lowest BCUT2D eigenvalue weighted by molar-refractivity contribution is -0.122. The zero-order chi connectivity index (χ0) is 23.9. The predicted octanol–water partition coefficient (Wildman–Crippen LogP) is 5.59. The molecule has 1 fully saturated rings. The molecule has 0 aliphatic carbocycles. The summed E-state index contributed by atoms with van der Waals surface area (Å²) in [5.74, 6) is -0.305. The average molecular weight is 498 g/mol. The Kier molecular flexibility index (Phi) is 8.70. The lowest BCUT2D eigenvalue weighted by Gasteiger charge is -2.35. The van der Waals surface area contributed by atoms with Crippen LogP contribution in [0.3, 0.4) is 0 Å². The second-order valence-corrected chi connectivity index (χ2v) is 10.3. The normalized spacial score (nSPS) is 19.8. The van der Waals surface area contributed by atoms with Gasteiger partial charge in [0.2, 0.25) is 5.91 Å². The summed E-state index contributed by atoms with van der Waals surface area (Å²) in [5.41, 5.74) is 1.63. The zero-order valence-corrected chi connectivity index (χ0v) is 21.2. The fourth-order valence-corrected chi connectivity index (χ4v) is 5.95. The quantitative estimate of drug-likeness (QED) is 0.381. The van der Waals surface area contributed by atoms with E-state index in [-0.39, 0.29) is 18.4 Å². The maximum atomic E-state index is 13.3. The molecule has 0 saturated carbocycles. The van der Waals surface area contributed by atoms with Crippen LogP contribution in [-0.2, 0) is 9.59 Å². The van der Waals surface area contributed by atoms with Crippen molar-refractivity contribution in [1.29, 1.82) is 0 Å². The molecule has 1 unspecified atom stereocenters. The molecule has 0 spiro atoms. The number of likely N-dealkylation sites (tertiary alicyclic amines) is 1. The highest BCUT2D eigenvalue weighted by Gasteiger charge is 2.30. The number of hydrogen-bond acceptors (Lipinski definition) is 4. The summed E-state index contributed by atoms with van der Waals surface area (Å²) >= 11 is 7.54.